The summed E-state index contributed by atoms with van der Waals surface area (Å²) in [5, 5.41) is 4.54. The van der Waals surface area contributed by atoms with Gasteiger partial charge in [0.05, 0.1) is 11.3 Å². The first-order valence-electron chi connectivity index (χ1n) is 11.3. The molecule has 36 heavy (non-hydrogen) atoms. The van der Waals surface area contributed by atoms with Crippen molar-refractivity contribution in [1.82, 2.24) is 14.7 Å². The molecular weight excluding hydrogens is 476 g/mol. The Kier molecular flexibility index (Phi) is 6.03. The lowest BCUT2D eigenvalue weighted by molar-refractivity contribution is -0.137. The molecule has 0 unspecified atom stereocenters. The number of hydrogen-bond donors (Lipinski definition) is 0. The van der Waals surface area contributed by atoms with Gasteiger partial charge in [0.1, 0.15) is 23.0 Å². The normalized spacial score (nSPS) is 14.4. The minimum absolute atomic E-state index is 0.276. The number of alkyl halides is 3. The van der Waals surface area contributed by atoms with Gasteiger partial charge in [0.2, 0.25) is 0 Å². The van der Waals surface area contributed by atoms with E-state index in [4.69, 9.17) is 4.42 Å². The molecule has 2 aromatic heterocycles. The van der Waals surface area contributed by atoms with E-state index in [2.05, 4.69) is 5.10 Å². The largest absolute Gasteiger partial charge is 0.460 e. The summed E-state index contributed by atoms with van der Waals surface area (Å²) in [5.74, 6) is 0.494. The molecule has 1 amide bonds. The quantitative estimate of drug-likeness (QED) is 0.346. The molecule has 0 spiro atoms. The van der Waals surface area contributed by atoms with Crippen molar-refractivity contribution in [3.05, 3.63) is 89.6 Å². The second-order valence-electron chi connectivity index (χ2n) is 8.54. The summed E-state index contributed by atoms with van der Waals surface area (Å²) < 4.78 is 60.0. The Morgan fingerprint density at radius 2 is 1.64 bits per heavy atom. The van der Waals surface area contributed by atoms with Crippen LogP contribution in [0.3, 0.4) is 0 Å². The summed E-state index contributed by atoms with van der Waals surface area (Å²) in [6.45, 7) is 3.19. The lowest BCUT2D eigenvalue weighted by Crippen LogP contribution is -2.49. The van der Waals surface area contributed by atoms with Gasteiger partial charge in [-0.15, -0.1) is 0 Å². The number of aromatic nitrogens is 2. The summed E-state index contributed by atoms with van der Waals surface area (Å²) in [4.78, 5) is 17.0. The van der Waals surface area contributed by atoms with Gasteiger partial charge in [-0.05, 0) is 61.5 Å². The number of piperazine rings is 1. The number of amides is 1. The zero-order chi connectivity index (χ0) is 25.4. The molecule has 1 aliphatic heterocycles. The number of anilines is 1. The van der Waals surface area contributed by atoms with Crippen LogP contribution in [0, 0.1) is 12.7 Å². The number of furan rings is 1. The van der Waals surface area contributed by atoms with Crippen LogP contribution in [0.15, 0.2) is 71.1 Å². The van der Waals surface area contributed by atoms with E-state index in [1.807, 2.05) is 4.90 Å². The highest BCUT2D eigenvalue weighted by atomic mass is 19.4. The fraction of sp³-hybridized carbons (Fsp3) is 0.231. The van der Waals surface area contributed by atoms with Crippen molar-refractivity contribution in [2.75, 3.05) is 31.1 Å². The Hall–Kier alpha value is -4.08. The number of rotatable bonds is 4. The predicted molar refractivity (Wildman–Crippen MR) is 126 cm³/mol. The fourth-order valence-electron chi connectivity index (χ4n) is 4.21. The second-order valence-corrected chi connectivity index (χ2v) is 8.54. The van der Waals surface area contributed by atoms with Crippen molar-refractivity contribution in [2.24, 2.45) is 0 Å². The van der Waals surface area contributed by atoms with E-state index in [1.165, 1.54) is 35.0 Å². The summed E-state index contributed by atoms with van der Waals surface area (Å²) in [6, 6.07) is 16.0. The lowest BCUT2D eigenvalue weighted by atomic mass is 10.1. The number of benzene rings is 2. The summed E-state index contributed by atoms with van der Waals surface area (Å²) in [7, 11) is 0. The molecule has 0 radical (unpaired) electrons. The van der Waals surface area contributed by atoms with Crippen molar-refractivity contribution < 1.29 is 26.8 Å². The highest BCUT2D eigenvalue weighted by Gasteiger charge is 2.32. The molecular formula is C26H22F4N4O2. The first-order valence-corrected chi connectivity index (χ1v) is 11.3. The molecule has 186 valence electrons. The molecule has 6 nitrogen and oxygen atoms in total. The zero-order valence-corrected chi connectivity index (χ0v) is 19.3. The van der Waals surface area contributed by atoms with Crippen LogP contribution in [0.2, 0.25) is 0 Å². The maximum absolute atomic E-state index is 13.5. The Morgan fingerprint density at radius 3 is 2.28 bits per heavy atom. The molecule has 0 atom stereocenters. The highest BCUT2D eigenvalue weighted by Crippen LogP contribution is 2.32. The summed E-state index contributed by atoms with van der Waals surface area (Å²) >= 11 is 0. The molecule has 3 heterocycles. The number of hydrogen-bond acceptors (Lipinski definition) is 4. The predicted octanol–water partition coefficient (Wildman–Crippen LogP) is 5.56. The average molecular weight is 498 g/mol. The van der Waals surface area contributed by atoms with Gasteiger partial charge in [0.15, 0.2) is 5.76 Å². The van der Waals surface area contributed by atoms with E-state index in [-0.39, 0.29) is 11.6 Å². The molecule has 1 fully saturated rings. The number of nitrogens with zero attached hydrogens (tertiary/aromatic N) is 4. The smallest absolute Gasteiger partial charge is 0.416 e. The van der Waals surface area contributed by atoms with E-state index < -0.39 is 17.6 Å². The number of halogens is 4. The van der Waals surface area contributed by atoms with Gasteiger partial charge < -0.3 is 14.2 Å². The third kappa shape index (κ3) is 4.71. The Labute approximate surface area is 204 Å². The first kappa shape index (κ1) is 23.7. The standard InChI is InChI=1S/C26H22F4N4O2/c1-17-5-10-24(36-17)22-16-23(34(31-22)20-8-6-19(27)7-9-20)25(35)33-13-11-32(12-14-33)21-4-2-3-18(15-21)26(28,29)30/h2-10,15-16H,11-14H2,1H3. The van der Waals surface area contributed by atoms with E-state index in [0.29, 0.717) is 54.8 Å². The van der Waals surface area contributed by atoms with Crippen LogP contribution in [-0.2, 0) is 6.18 Å². The molecule has 0 saturated carbocycles. The minimum atomic E-state index is -4.42. The van der Waals surface area contributed by atoms with Crippen molar-refractivity contribution >= 4 is 11.6 Å². The van der Waals surface area contributed by atoms with Gasteiger partial charge in [0, 0.05) is 37.9 Å². The SMILES string of the molecule is Cc1ccc(-c2cc(C(=O)N3CCN(c4cccc(C(F)(F)F)c4)CC3)n(-c3ccc(F)cc3)n2)o1. The van der Waals surface area contributed by atoms with Gasteiger partial charge in [0.25, 0.3) is 5.91 Å². The number of carbonyl (C=O) groups excluding carboxylic acids is 1. The van der Waals surface area contributed by atoms with Gasteiger partial charge in [-0.1, -0.05) is 6.07 Å². The lowest BCUT2D eigenvalue weighted by Gasteiger charge is -2.36. The minimum Gasteiger partial charge on any atom is -0.460 e. The molecule has 5 rings (SSSR count). The van der Waals surface area contributed by atoms with Crippen molar-refractivity contribution in [2.45, 2.75) is 13.1 Å². The van der Waals surface area contributed by atoms with E-state index >= 15 is 0 Å². The van der Waals surface area contributed by atoms with Gasteiger partial charge >= 0.3 is 6.18 Å². The van der Waals surface area contributed by atoms with Crippen LogP contribution in [0.5, 0.6) is 0 Å². The van der Waals surface area contributed by atoms with Crippen molar-refractivity contribution in [1.29, 1.82) is 0 Å². The fourth-order valence-corrected chi connectivity index (χ4v) is 4.21. The third-order valence-corrected chi connectivity index (χ3v) is 6.10. The molecule has 1 saturated heterocycles. The third-order valence-electron chi connectivity index (χ3n) is 6.10. The van der Waals surface area contributed by atoms with Crippen LogP contribution in [-0.4, -0.2) is 46.8 Å². The van der Waals surface area contributed by atoms with Crippen LogP contribution in [0.25, 0.3) is 17.1 Å². The number of carbonyl (C=O) groups is 1. The molecule has 10 heteroatoms. The van der Waals surface area contributed by atoms with Crippen LogP contribution in [0.4, 0.5) is 23.2 Å². The molecule has 1 aliphatic rings. The Balaban J connectivity index is 1.39. The van der Waals surface area contributed by atoms with Crippen LogP contribution in [0.1, 0.15) is 21.8 Å². The molecule has 0 aliphatic carbocycles. The summed E-state index contributed by atoms with van der Waals surface area (Å²) in [6.07, 6.45) is -4.42. The maximum atomic E-state index is 13.5. The van der Waals surface area contributed by atoms with E-state index in [0.717, 1.165) is 12.1 Å². The zero-order valence-electron chi connectivity index (χ0n) is 19.3. The van der Waals surface area contributed by atoms with E-state index in [9.17, 15) is 22.4 Å². The van der Waals surface area contributed by atoms with Crippen LogP contribution < -0.4 is 4.90 Å². The van der Waals surface area contributed by atoms with E-state index in [1.54, 1.807) is 36.1 Å². The molecule has 4 aromatic rings. The van der Waals surface area contributed by atoms with Crippen molar-refractivity contribution in [3.63, 3.8) is 0 Å². The maximum Gasteiger partial charge on any atom is 0.416 e. The number of aryl methyl sites for hydroxylation is 1. The van der Waals surface area contributed by atoms with Gasteiger partial charge in [-0.3, -0.25) is 4.79 Å². The highest BCUT2D eigenvalue weighted by molar-refractivity contribution is 5.94. The Bertz CT molecular complexity index is 1380. The molecule has 0 bridgehead atoms. The molecule has 2 aromatic carbocycles. The van der Waals surface area contributed by atoms with Crippen LogP contribution >= 0.6 is 0 Å². The Morgan fingerprint density at radius 1 is 0.917 bits per heavy atom. The summed E-state index contributed by atoms with van der Waals surface area (Å²) in [5.41, 5.74) is 1.000. The monoisotopic (exact) mass is 498 g/mol. The topological polar surface area (TPSA) is 54.5 Å². The van der Waals surface area contributed by atoms with Crippen molar-refractivity contribution in [3.8, 4) is 17.1 Å². The van der Waals surface area contributed by atoms with Gasteiger partial charge in [-0.2, -0.15) is 18.3 Å². The average Bonchev–Trinajstić information content (AvgIpc) is 3.50. The first-order chi connectivity index (χ1) is 17.2. The van der Waals surface area contributed by atoms with Gasteiger partial charge in [-0.25, -0.2) is 9.07 Å². The molecule has 0 N–H and O–H groups in total. The second kappa shape index (κ2) is 9.18.